The van der Waals surface area contributed by atoms with E-state index in [9.17, 15) is 4.79 Å². The smallest absolute Gasteiger partial charge is 0.226 e. The molecule has 1 aliphatic carbocycles. The first-order valence-corrected chi connectivity index (χ1v) is 6.90. The van der Waals surface area contributed by atoms with Gasteiger partial charge in [-0.1, -0.05) is 30.3 Å². The lowest BCUT2D eigenvalue weighted by atomic mass is 10.1. The van der Waals surface area contributed by atoms with E-state index in [0.717, 1.165) is 38.9 Å². The minimum atomic E-state index is 0.314. The van der Waals surface area contributed by atoms with Gasteiger partial charge in [0.25, 0.3) is 0 Å². The highest BCUT2D eigenvalue weighted by Crippen LogP contribution is 2.32. The van der Waals surface area contributed by atoms with Crippen LogP contribution in [0.25, 0.3) is 0 Å². The van der Waals surface area contributed by atoms with Crippen LogP contribution in [0.1, 0.15) is 24.8 Å². The van der Waals surface area contributed by atoms with Crippen LogP contribution in [-0.4, -0.2) is 29.9 Å². The van der Waals surface area contributed by atoms with Crippen molar-refractivity contribution in [3.05, 3.63) is 35.9 Å². The number of nitrogens with zero attached hydrogens (tertiary/aromatic N) is 1. The maximum Gasteiger partial charge on any atom is 0.226 e. The first kappa shape index (κ1) is 11.7. The van der Waals surface area contributed by atoms with Gasteiger partial charge >= 0.3 is 0 Å². The quantitative estimate of drug-likeness (QED) is 0.875. The molecule has 3 rings (SSSR count). The number of rotatable bonds is 4. The van der Waals surface area contributed by atoms with E-state index >= 15 is 0 Å². The summed E-state index contributed by atoms with van der Waals surface area (Å²) in [6.07, 6.45) is 3.26. The lowest BCUT2D eigenvalue weighted by Gasteiger charge is -2.29. The monoisotopic (exact) mass is 244 g/mol. The molecule has 96 valence electrons. The van der Waals surface area contributed by atoms with Gasteiger partial charge in [-0.3, -0.25) is 4.79 Å². The van der Waals surface area contributed by atoms with Crippen molar-refractivity contribution in [3.8, 4) is 0 Å². The molecular weight excluding hydrogens is 224 g/mol. The molecule has 1 aromatic rings. The van der Waals surface area contributed by atoms with Crippen LogP contribution in [0.5, 0.6) is 0 Å². The summed E-state index contributed by atoms with van der Waals surface area (Å²) in [4.78, 5) is 14.5. The number of nitrogens with one attached hydrogen (secondary N) is 1. The first-order valence-electron chi connectivity index (χ1n) is 6.90. The van der Waals surface area contributed by atoms with E-state index in [1.807, 2.05) is 18.2 Å². The number of hydrogen-bond acceptors (Lipinski definition) is 2. The standard InChI is InChI=1S/C15H20N2O/c18-15(13-6-7-13)17(14-8-9-16-10-14)11-12-4-2-1-3-5-12/h1-5,13-14,16H,6-11H2. The zero-order valence-electron chi connectivity index (χ0n) is 10.6. The lowest BCUT2D eigenvalue weighted by molar-refractivity contribution is -0.135. The highest BCUT2D eigenvalue weighted by Gasteiger charge is 2.36. The molecular formula is C15H20N2O. The SMILES string of the molecule is O=C(C1CC1)N(Cc1ccccc1)C1CCNC1. The Morgan fingerprint density at radius 3 is 2.61 bits per heavy atom. The van der Waals surface area contributed by atoms with Gasteiger partial charge in [-0.05, 0) is 31.4 Å². The van der Waals surface area contributed by atoms with Crippen LogP contribution >= 0.6 is 0 Å². The zero-order valence-corrected chi connectivity index (χ0v) is 10.6. The summed E-state index contributed by atoms with van der Waals surface area (Å²) in [7, 11) is 0. The van der Waals surface area contributed by atoms with Gasteiger partial charge in [0.05, 0.1) is 0 Å². The zero-order chi connectivity index (χ0) is 12.4. The van der Waals surface area contributed by atoms with Gasteiger partial charge in [0.2, 0.25) is 5.91 Å². The highest BCUT2D eigenvalue weighted by atomic mass is 16.2. The van der Waals surface area contributed by atoms with Crippen molar-refractivity contribution in [3.63, 3.8) is 0 Å². The minimum Gasteiger partial charge on any atom is -0.334 e. The van der Waals surface area contributed by atoms with Gasteiger partial charge in [0.1, 0.15) is 0 Å². The summed E-state index contributed by atoms with van der Waals surface area (Å²) in [5.41, 5.74) is 1.23. The molecule has 1 saturated carbocycles. The fraction of sp³-hybridized carbons (Fsp3) is 0.533. The molecule has 1 unspecified atom stereocenters. The normalized spacial score (nSPS) is 23.0. The minimum absolute atomic E-state index is 0.314. The molecule has 3 nitrogen and oxygen atoms in total. The van der Waals surface area contributed by atoms with Crippen LogP contribution in [0.2, 0.25) is 0 Å². The molecule has 3 heteroatoms. The van der Waals surface area contributed by atoms with Crippen LogP contribution in [0.15, 0.2) is 30.3 Å². The van der Waals surface area contributed by atoms with Crippen molar-refractivity contribution in [2.45, 2.75) is 31.8 Å². The molecule has 0 aromatic heterocycles. The molecule has 18 heavy (non-hydrogen) atoms. The van der Waals surface area contributed by atoms with Crippen LogP contribution in [0.3, 0.4) is 0 Å². The van der Waals surface area contributed by atoms with Gasteiger partial charge in [-0.25, -0.2) is 0 Å². The Labute approximate surface area is 108 Å². The van der Waals surface area contributed by atoms with E-state index < -0.39 is 0 Å². The largest absolute Gasteiger partial charge is 0.334 e. The van der Waals surface area contributed by atoms with Crippen LogP contribution in [0, 0.1) is 5.92 Å². The lowest BCUT2D eigenvalue weighted by Crippen LogP contribution is -2.41. The van der Waals surface area contributed by atoms with Crippen molar-refractivity contribution in [1.82, 2.24) is 10.2 Å². The molecule has 0 spiro atoms. The Morgan fingerprint density at radius 1 is 1.22 bits per heavy atom. The molecule has 0 bridgehead atoms. The number of carbonyl (C=O) groups excluding carboxylic acids is 1. The second-order valence-corrected chi connectivity index (χ2v) is 5.37. The van der Waals surface area contributed by atoms with Gasteiger partial charge in [0.15, 0.2) is 0 Å². The van der Waals surface area contributed by atoms with Crippen LogP contribution < -0.4 is 5.32 Å². The van der Waals surface area contributed by atoms with E-state index in [4.69, 9.17) is 0 Å². The maximum absolute atomic E-state index is 12.4. The van der Waals surface area contributed by atoms with Gasteiger partial charge in [-0.2, -0.15) is 0 Å². The third-order valence-corrected chi connectivity index (χ3v) is 3.88. The van der Waals surface area contributed by atoms with Crippen molar-refractivity contribution < 1.29 is 4.79 Å². The molecule has 1 aliphatic heterocycles. The third-order valence-electron chi connectivity index (χ3n) is 3.88. The van der Waals surface area contributed by atoms with Gasteiger partial charge in [-0.15, -0.1) is 0 Å². The molecule has 1 N–H and O–H groups in total. The Kier molecular flexibility index (Phi) is 3.33. The Hall–Kier alpha value is -1.35. The second-order valence-electron chi connectivity index (χ2n) is 5.37. The van der Waals surface area contributed by atoms with Crippen molar-refractivity contribution >= 4 is 5.91 Å². The average Bonchev–Trinajstić information content (AvgIpc) is 3.12. The Balaban J connectivity index is 1.74. The van der Waals surface area contributed by atoms with Crippen molar-refractivity contribution in [1.29, 1.82) is 0 Å². The molecule has 1 atom stereocenters. The topological polar surface area (TPSA) is 32.3 Å². The van der Waals surface area contributed by atoms with E-state index in [1.165, 1.54) is 5.56 Å². The first-order chi connectivity index (χ1) is 8.84. The summed E-state index contributed by atoms with van der Waals surface area (Å²) >= 11 is 0. The van der Waals surface area contributed by atoms with E-state index in [0.29, 0.717) is 17.9 Å². The Morgan fingerprint density at radius 2 is 2.00 bits per heavy atom. The molecule has 1 saturated heterocycles. The molecule has 1 amide bonds. The fourth-order valence-electron chi connectivity index (χ4n) is 2.64. The number of benzene rings is 1. The van der Waals surface area contributed by atoms with Crippen molar-refractivity contribution in [2.24, 2.45) is 5.92 Å². The van der Waals surface area contributed by atoms with Gasteiger partial charge in [0, 0.05) is 25.0 Å². The second kappa shape index (κ2) is 5.11. The molecule has 2 aliphatic rings. The van der Waals surface area contributed by atoms with E-state index in [1.54, 1.807) is 0 Å². The van der Waals surface area contributed by atoms with Gasteiger partial charge < -0.3 is 10.2 Å². The number of amides is 1. The van der Waals surface area contributed by atoms with Crippen molar-refractivity contribution in [2.75, 3.05) is 13.1 Å². The Bertz CT molecular complexity index is 408. The number of carbonyl (C=O) groups is 1. The summed E-state index contributed by atoms with van der Waals surface area (Å²) < 4.78 is 0. The molecule has 1 aromatic carbocycles. The molecule has 0 radical (unpaired) electrons. The third kappa shape index (κ3) is 2.56. The summed E-state index contributed by atoms with van der Waals surface area (Å²) in [5.74, 6) is 0.682. The predicted octanol–water partition coefficient (Wildman–Crippen LogP) is 1.79. The fourth-order valence-corrected chi connectivity index (χ4v) is 2.64. The number of hydrogen-bond donors (Lipinski definition) is 1. The highest BCUT2D eigenvalue weighted by molar-refractivity contribution is 5.81. The summed E-state index contributed by atoms with van der Waals surface area (Å²) in [6, 6.07) is 10.7. The van der Waals surface area contributed by atoms with E-state index in [2.05, 4.69) is 22.3 Å². The maximum atomic E-state index is 12.4. The van der Waals surface area contributed by atoms with Crippen LogP contribution in [0.4, 0.5) is 0 Å². The molecule has 2 fully saturated rings. The van der Waals surface area contributed by atoms with Crippen LogP contribution in [-0.2, 0) is 11.3 Å². The average molecular weight is 244 g/mol. The summed E-state index contributed by atoms with van der Waals surface area (Å²) in [5, 5.41) is 3.36. The predicted molar refractivity (Wildman–Crippen MR) is 71.0 cm³/mol. The van der Waals surface area contributed by atoms with E-state index in [-0.39, 0.29) is 0 Å². The molecule has 1 heterocycles. The summed E-state index contributed by atoms with van der Waals surface area (Å²) in [6.45, 7) is 2.75.